The number of aryl methyl sites for hydroxylation is 1. The Hall–Kier alpha value is -0.930. The molecule has 0 amide bonds. The molecule has 1 atom stereocenters. The van der Waals surface area contributed by atoms with Crippen LogP contribution in [0.2, 0.25) is 0 Å². The minimum Gasteiger partial charge on any atom is -0.324 e. The Morgan fingerprint density at radius 1 is 1.29 bits per heavy atom. The smallest absolute Gasteiger partial charge is 0.126 e. The molecule has 21 heavy (non-hydrogen) atoms. The summed E-state index contributed by atoms with van der Waals surface area (Å²) in [6.45, 7) is 6.11. The number of nitrogens with two attached hydrogens (primary N) is 1. The molecule has 1 aliphatic carbocycles. The van der Waals surface area contributed by atoms with E-state index in [2.05, 4.69) is 11.8 Å². The molecule has 1 saturated carbocycles. The normalized spacial score (nSPS) is 18.1. The van der Waals surface area contributed by atoms with Gasteiger partial charge in [0.25, 0.3) is 0 Å². The van der Waals surface area contributed by atoms with Crippen molar-refractivity contribution in [3.63, 3.8) is 0 Å². The van der Waals surface area contributed by atoms with Crippen molar-refractivity contribution in [2.45, 2.75) is 64.5 Å². The molecule has 0 aromatic heterocycles. The Balaban J connectivity index is 1.89. The second-order valence-electron chi connectivity index (χ2n) is 6.32. The van der Waals surface area contributed by atoms with Crippen molar-refractivity contribution in [1.29, 1.82) is 0 Å². The second-order valence-corrected chi connectivity index (χ2v) is 6.32. The SMILES string of the molecule is CCN(CCC(N)c1ccc(C)c(F)c1)C1CCCCC1. The maximum Gasteiger partial charge on any atom is 0.126 e. The van der Waals surface area contributed by atoms with E-state index in [9.17, 15) is 4.39 Å². The summed E-state index contributed by atoms with van der Waals surface area (Å²) >= 11 is 0. The molecule has 0 bridgehead atoms. The lowest BCUT2D eigenvalue weighted by Gasteiger charge is -2.34. The highest BCUT2D eigenvalue weighted by atomic mass is 19.1. The van der Waals surface area contributed by atoms with Crippen LogP contribution in [-0.2, 0) is 0 Å². The van der Waals surface area contributed by atoms with Crippen molar-refractivity contribution in [2.24, 2.45) is 5.73 Å². The van der Waals surface area contributed by atoms with E-state index in [0.717, 1.165) is 31.1 Å². The van der Waals surface area contributed by atoms with Gasteiger partial charge in [0.15, 0.2) is 0 Å². The fourth-order valence-corrected chi connectivity index (χ4v) is 3.36. The van der Waals surface area contributed by atoms with Crippen molar-refractivity contribution in [1.82, 2.24) is 4.90 Å². The minimum atomic E-state index is -0.150. The highest BCUT2D eigenvalue weighted by Gasteiger charge is 2.20. The van der Waals surface area contributed by atoms with Crippen molar-refractivity contribution in [3.8, 4) is 0 Å². The van der Waals surface area contributed by atoms with Gasteiger partial charge in [0.2, 0.25) is 0 Å². The molecule has 1 unspecified atom stereocenters. The van der Waals surface area contributed by atoms with Crippen LogP contribution in [-0.4, -0.2) is 24.0 Å². The highest BCUT2D eigenvalue weighted by molar-refractivity contribution is 5.25. The van der Waals surface area contributed by atoms with E-state index in [1.54, 1.807) is 13.0 Å². The van der Waals surface area contributed by atoms with Crippen LogP contribution in [0.15, 0.2) is 18.2 Å². The number of halogens is 1. The fraction of sp³-hybridized carbons (Fsp3) is 0.667. The third kappa shape index (κ3) is 4.52. The molecule has 118 valence electrons. The van der Waals surface area contributed by atoms with Gasteiger partial charge in [0.1, 0.15) is 5.82 Å². The average molecular weight is 292 g/mol. The van der Waals surface area contributed by atoms with Gasteiger partial charge in [-0.15, -0.1) is 0 Å². The molecule has 1 fully saturated rings. The Morgan fingerprint density at radius 3 is 2.62 bits per heavy atom. The molecule has 0 saturated heterocycles. The Kier molecular flexibility index (Phi) is 6.19. The lowest BCUT2D eigenvalue weighted by Crippen LogP contribution is -2.38. The Labute approximate surface area is 128 Å². The largest absolute Gasteiger partial charge is 0.324 e. The summed E-state index contributed by atoms with van der Waals surface area (Å²) in [5.74, 6) is -0.150. The van der Waals surface area contributed by atoms with E-state index in [0.29, 0.717) is 5.56 Å². The van der Waals surface area contributed by atoms with E-state index in [1.807, 2.05) is 12.1 Å². The number of hydrogen-bond acceptors (Lipinski definition) is 2. The molecule has 1 aromatic carbocycles. The second kappa shape index (κ2) is 7.90. The predicted octanol–water partition coefficient (Wildman–Crippen LogP) is 4.18. The summed E-state index contributed by atoms with van der Waals surface area (Å²) in [7, 11) is 0. The van der Waals surface area contributed by atoms with Gasteiger partial charge >= 0.3 is 0 Å². The van der Waals surface area contributed by atoms with Gasteiger partial charge < -0.3 is 10.6 Å². The summed E-state index contributed by atoms with van der Waals surface area (Å²) in [4.78, 5) is 2.56. The van der Waals surface area contributed by atoms with E-state index in [1.165, 1.54) is 32.1 Å². The molecular formula is C18H29FN2. The molecule has 0 spiro atoms. The third-order valence-corrected chi connectivity index (χ3v) is 4.85. The van der Waals surface area contributed by atoms with Crippen LogP contribution in [0.5, 0.6) is 0 Å². The number of rotatable bonds is 6. The standard InChI is InChI=1S/C18H29FN2/c1-3-21(16-7-5-4-6-8-16)12-11-18(20)15-10-9-14(2)17(19)13-15/h9-10,13,16,18H,3-8,11-12,20H2,1-2H3. The quantitative estimate of drug-likeness (QED) is 0.852. The van der Waals surface area contributed by atoms with E-state index >= 15 is 0 Å². The van der Waals surface area contributed by atoms with Crippen molar-refractivity contribution in [2.75, 3.05) is 13.1 Å². The van der Waals surface area contributed by atoms with Gasteiger partial charge in [-0.2, -0.15) is 0 Å². The number of nitrogens with zero attached hydrogens (tertiary/aromatic N) is 1. The summed E-state index contributed by atoms with van der Waals surface area (Å²) < 4.78 is 13.6. The first-order valence-electron chi connectivity index (χ1n) is 8.37. The first kappa shape index (κ1) is 16.4. The minimum absolute atomic E-state index is 0.0715. The summed E-state index contributed by atoms with van der Waals surface area (Å²) in [6, 6.07) is 6.03. The van der Waals surface area contributed by atoms with Crippen LogP contribution in [0.25, 0.3) is 0 Å². The zero-order valence-electron chi connectivity index (χ0n) is 13.4. The van der Waals surface area contributed by atoms with Gasteiger partial charge in [0, 0.05) is 18.6 Å². The van der Waals surface area contributed by atoms with Crippen LogP contribution < -0.4 is 5.73 Å². The first-order chi connectivity index (χ1) is 10.1. The monoisotopic (exact) mass is 292 g/mol. The lowest BCUT2D eigenvalue weighted by molar-refractivity contribution is 0.159. The van der Waals surface area contributed by atoms with Gasteiger partial charge in [-0.3, -0.25) is 0 Å². The molecule has 2 N–H and O–H groups in total. The van der Waals surface area contributed by atoms with Crippen LogP contribution in [0.3, 0.4) is 0 Å². The molecule has 0 radical (unpaired) electrons. The molecular weight excluding hydrogens is 263 g/mol. The summed E-state index contributed by atoms with van der Waals surface area (Å²) in [5, 5.41) is 0. The molecule has 1 aromatic rings. The number of hydrogen-bond donors (Lipinski definition) is 1. The van der Waals surface area contributed by atoms with Crippen LogP contribution >= 0.6 is 0 Å². The van der Waals surface area contributed by atoms with E-state index in [-0.39, 0.29) is 11.9 Å². The zero-order chi connectivity index (χ0) is 15.2. The van der Waals surface area contributed by atoms with Crippen molar-refractivity contribution in [3.05, 3.63) is 35.1 Å². The number of benzene rings is 1. The summed E-state index contributed by atoms with van der Waals surface area (Å²) in [6.07, 6.45) is 7.64. The Morgan fingerprint density at radius 2 is 2.00 bits per heavy atom. The van der Waals surface area contributed by atoms with E-state index < -0.39 is 0 Å². The Bertz CT molecular complexity index is 441. The van der Waals surface area contributed by atoms with E-state index in [4.69, 9.17) is 5.73 Å². The van der Waals surface area contributed by atoms with Crippen molar-refractivity contribution < 1.29 is 4.39 Å². The van der Waals surface area contributed by atoms with Crippen LogP contribution in [0.4, 0.5) is 4.39 Å². The van der Waals surface area contributed by atoms with Crippen LogP contribution in [0.1, 0.15) is 62.6 Å². The molecule has 0 aliphatic heterocycles. The average Bonchev–Trinajstić information content (AvgIpc) is 2.51. The summed E-state index contributed by atoms with van der Waals surface area (Å²) in [5.41, 5.74) is 7.85. The van der Waals surface area contributed by atoms with Gasteiger partial charge in [-0.05, 0) is 49.9 Å². The maximum atomic E-state index is 13.6. The first-order valence-corrected chi connectivity index (χ1v) is 8.37. The third-order valence-electron chi connectivity index (χ3n) is 4.85. The topological polar surface area (TPSA) is 29.3 Å². The molecule has 1 aliphatic rings. The lowest BCUT2D eigenvalue weighted by atomic mass is 9.93. The molecule has 2 rings (SSSR count). The molecule has 0 heterocycles. The maximum absolute atomic E-state index is 13.6. The molecule has 3 heteroatoms. The van der Waals surface area contributed by atoms with Crippen LogP contribution in [0, 0.1) is 12.7 Å². The fourth-order valence-electron chi connectivity index (χ4n) is 3.36. The predicted molar refractivity (Wildman–Crippen MR) is 86.8 cm³/mol. The van der Waals surface area contributed by atoms with Gasteiger partial charge in [0.05, 0.1) is 0 Å². The highest BCUT2D eigenvalue weighted by Crippen LogP contribution is 2.24. The van der Waals surface area contributed by atoms with Gasteiger partial charge in [-0.25, -0.2) is 4.39 Å². The molecule has 2 nitrogen and oxygen atoms in total. The zero-order valence-corrected chi connectivity index (χ0v) is 13.4. The van der Waals surface area contributed by atoms with Crippen molar-refractivity contribution >= 4 is 0 Å². The van der Waals surface area contributed by atoms with Gasteiger partial charge in [-0.1, -0.05) is 38.3 Å².